The third kappa shape index (κ3) is 4.73. The van der Waals surface area contributed by atoms with Gasteiger partial charge in [-0.05, 0) is 52.9 Å². The van der Waals surface area contributed by atoms with E-state index in [1.54, 1.807) is 0 Å². The predicted octanol–water partition coefficient (Wildman–Crippen LogP) is 4.69. The number of fused-ring (bicyclic) bond motifs is 1. The van der Waals surface area contributed by atoms with Crippen LogP contribution in [-0.2, 0) is 9.53 Å². The van der Waals surface area contributed by atoms with Crippen molar-refractivity contribution in [3.8, 4) is 0 Å². The number of aliphatic hydroxyl groups is 1. The zero-order chi connectivity index (χ0) is 17.9. The number of ether oxygens (including phenoxy) is 1. The van der Waals surface area contributed by atoms with Crippen LogP contribution in [0.25, 0.3) is 0 Å². The molecule has 0 bridgehead atoms. The first kappa shape index (κ1) is 19.3. The maximum absolute atomic E-state index is 11.9. The fraction of sp³-hybridized carbons (Fsp3) is 0.650. The highest BCUT2D eigenvalue weighted by molar-refractivity contribution is 6.24. The molecule has 0 amide bonds. The molecule has 4 heteroatoms. The largest absolute Gasteiger partial charge is 0.458 e. The van der Waals surface area contributed by atoms with E-state index in [-0.39, 0.29) is 18.0 Å². The van der Waals surface area contributed by atoms with Crippen LogP contribution in [0, 0.1) is 5.92 Å². The van der Waals surface area contributed by atoms with Crippen LogP contribution in [-0.4, -0.2) is 28.2 Å². The van der Waals surface area contributed by atoms with Crippen LogP contribution in [0.4, 0.5) is 0 Å². The summed E-state index contributed by atoms with van der Waals surface area (Å²) in [6.07, 6.45) is 8.11. The third-order valence-electron chi connectivity index (χ3n) is 5.27. The third-order valence-corrected chi connectivity index (χ3v) is 5.71. The summed E-state index contributed by atoms with van der Waals surface area (Å²) in [5, 5.41) is 10.7. The summed E-state index contributed by atoms with van der Waals surface area (Å²) >= 11 is 6.60. The lowest BCUT2D eigenvalue weighted by Crippen LogP contribution is -2.37. The molecule has 1 saturated heterocycles. The molecule has 24 heavy (non-hydrogen) atoms. The van der Waals surface area contributed by atoms with Crippen LogP contribution in [0.5, 0.6) is 0 Å². The molecule has 0 spiro atoms. The molecule has 4 atom stereocenters. The predicted molar refractivity (Wildman–Crippen MR) is 98.0 cm³/mol. The number of allylic oxidation sites excluding steroid dienone is 3. The van der Waals surface area contributed by atoms with Gasteiger partial charge in [-0.15, -0.1) is 11.6 Å². The summed E-state index contributed by atoms with van der Waals surface area (Å²) in [7, 11) is 0. The maximum atomic E-state index is 11.9. The number of hydrogen-bond acceptors (Lipinski definition) is 3. The molecule has 2 rings (SSSR count). The first-order chi connectivity index (χ1) is 11.2. The Morgan fingerprint density at radius 3 is 2.67 bits per heavy atom. The van der Waals surface area contributed by atoms with Crippen molar-refractivity contribution >= 4 is 17.6 Å². The van der Waals surface area contributed by atoms with E-state index >= 15 is 0 Å². The monoisotopic (exact) mass is 352 g/mol. The minimum atomic E-state index is -0.720. The molecule has 0 radical (unpaired) electrons. The molecule has 2 aliphatic rings. The van der Waals surface area contributed by atoms with Gasteiger partial charge in [0.05, 0.1) is 11.0 Å². The maximum Gasteiger partial charge on any atom is 0.334 e. The first-order valence-corrected chi connectivity index (χ1v) is 9.16. The average Bonchev–Trinajstić information content (AvgIpc) is 2.73. The molecule has 1 heterocycles. The molecule has 0 aromatic heterocycles. The summed E-state index contributed by atoms with van der Waals surface area (Å²) < 4.78 is 5.50. The van der Waals surface area contributed by atoms with E-state index < -0.39 is 11.0 Å². The number of rotatable bonds is 0. The van der Waals surface area contributed by atoms with Gasteiger partial charge in [0.2, 0.25) is 0 Å². The van der Waals surface area contributed by atoms with E-state index in [9.17, 15) is 9.90 Å². The Morgan fingerprint density at radius 1 is 1.29 bits per heavy atom. The van der Waals surface area contributed by atoms with Crippen molar-refractivity contribution in [3.05, 3.63) is 35.5 Å². The van der Waals surface area contributed by atoms with Gasteiger partial charge in [-0.2, -0.15) is 0 Å². The van der Waals surface area contributed by atoms with Crippen LogP contribution < -0.4 is 0 Å². The second kappa shape index (κ2) is 7.88. The van der Waals surface area contributed by atoms with E-state index in [1.807, 2.05) is 6.92 Å². The van der Waals surface area contributed by atoms with Crippen molar-refractivity contribution in [2.24, 2.45) is 5.92 Å². The van der Waals surface area contributed by atoms with Gasteiger partial charge < -0.3 is 9.84 Å². The van der Waals surface area contributed by atoms with Gasteiger partial charge in [-0.25, -0.2) is 4.79 Å². The zero-order valence-electron chi connectivity index (χ0n) is 15.0. The second-order valence-corrected chi connectivity index (χ2v) is 8.35. The molecule has 3 nitrogen and oxygen atoms in total. The number of alkyl halides is 1. The number of aliphatic hydroxyl groups excluding tert-OH is 1. The summed E-state index contributed by atoms with van der Waals surface area (Å²) in [6.45, 7) is 9.95. The van der Waals surface area contributed by atoms with Gasteiger partial charge in [-0.1, -0.05) is 29.9 Å². The summed E-state index contributed by atoms with van der Waals surface area (Å²) in [4.78, 5) is 11.2. The van der Waals surface area contributed by atoms with Crippen molar-refractivity contribution in [2.45, 2.75) is 76.4 Å². The molecule has 0 aromatic carbocycles. The lowest BCUT2D eigenvalue weighted by molar-refractivity contribution is -0.139. The Bertz CT molecular complexity index is 559. The Hall–Kier alpha value is -1.06. The SMILES string of the molecule is C=C1C(=O)O[C@H]2CC(C)=CCCC(C)=CCCC(C)(Cl)[C@H](O)C[C@@H]12. The van der Waals surface area contributed by atoms with E-state index in [1.165, 1.54) is 11.1 Å². The Kier molecular flexibility index (Phi) is 6.33. The quantitative estimate of drug-likeness (QED) is 0.298. The molecule has 1 aliphatic heterocycles. The zero-order valence-corrected chi connectivity index (χ0v) is 15.7. The highest BCUT2D eigenvalue weighted by atomic mass is 35.5. The summed E-state index contributed by atoms with van der Waals surface area (Å²) in [5.41, 5.74) is 3.01. The molecule has 1 unspecified atom stereocenters. The summed E-state index contributed by atoms with van der Waals surface area (Å²) in [6, 6.07) is 0. The smallest absolute Gasteiger partial charge is 0.334 e. The number of hydrogen-bond donors (Lipinski definition) is 1. The molecular weight excluding hydrogens is 324 g/mol. The van der Waals surface area contributed by atoms with Crippen molar-refractivity contribution in [1.29, 1.82) is 0 Å². The van der Waals surface area contributed by atoms with Gasteiger partial charge in [-0.3, -0.25) is 0 Å². The molecule has 1 aliphatic carbocycles. The lowest BCUT2D eigenvalue weighted by atomic mass is 9.83. The van der Waals surface area contributed by atoms with E-state index in [2.05, 4.69) is 32.6 Å². The number of esters is 1. The number of carbonyl (C=O) groups is 1. The topological polar surface area (TPSA) is 46.5 Å². The molecule has 0 saturated carbocycles. The van der Waals surface area contributed by atoms with Gasteiger partial charge >= 0.3 is 5.97 Å². The molecular formula is C20H29ClO3. The summed E-state index contributed by atoms with van der Waals surface area (Å²) in [5.74, 6) is -0.516. The fourth-order valence-corrected chi connectivity index (χ4v) is 3.65. The average molecular weight is 353 g/mol. The van der Waals surface area contributed by atoms with Crippen molar-refractivity contribution in [1.82, 2.24) is 0 Å². The molecule has 1 fully saturated rings. The van der Waals surface area contributed by atoms with Crippen molar-refractivity contribution in [2.75, 3.05) is 0 Å². The standard InChI is InChI=1S/C20H29ClO3/c1-13-7-5-8-14(2)11-17-16(15(3)19(23)24-17)12-18(22)20(4,21)10-6-9-13/h8-9,16-18,22H,3,5-7,10-12H2,1-2,4H3/t16-,17-,18+,20?/m0/s1. The number of halogens is 1. The Balaban J connectivity index is 2.24. The van der Waals surface area contributed by atoms with E-state index in [0.29, 0.717) is 24.8 Å². The fourth-order valence-electron chi connectivity index (χ4n) is 3.45. The number of carbonyl (C=O) groups excluding carboxylic acids is 1. The minimum absolute atomic E-state index is 0.172. The molecule has 0 aromatic rings. The van der Waals surface area contributed by atoms with Crippen molar-refractivity contribution in [3.63, 3.8) is 0 Å². The van der Waals surface area contributed by atoms with Gasteiger partial charge in [0.25, 0.3) is 0 Å². The van der Waals surface area contributed by atoms with Crippen LogP contribution in [0.2, 0.25) is 0 Å². The van der Waals surface area contributed by atoms with Crippen LogP contribution in [0.1, 0.15) is 59.3 Å². The lowest BCUT2D eigenvalue weighted by Gasteiger charge is -2.31. The van der Waals surface area contributed by atoms with Gasteiger partial charge in [0.1, 0.15) is 6.10 Å². The van der Waals surface area contributed by atoms with Gasteiger partial charge in [0, 0.05) is 17.9 Å². The normalized spacial score (nSPS) is 36.3. The highest BCUT2D eigenvalue weighted by Crippen LogP contribution is 2.38. The van der Waals surface area contributed by atoms with Crippen LogP contribution in [0.15, 0.2) is 35.5 Å². The van der Waals surface area contributed by atoms with Crippen LogP contribution in [0.3, 0.4) is 0 Å². The Labute approximate surface area is 150 Å². The van der Waals surface area contributed by atoms with Gasteiger partial charge in [0.15, 0.2) is 0 Å². The second-order valence-electron chi connectivity index (χ2n) is 7.49. The van der Waals surface area contributed by atoms with Crippen LogP contribution >= 0.6 is 11.6 Å². The first-order valence-electron chi connectivity index (χ1n) is 8.78. The van der Waals surface area contributed by atoms with Crippen molar-refractivity contribution < 1.29 is 14.6 Å². The van der Waals surface area contributed by atoms with E-state index in [0.717, 1.165) is 19.3 Å². The highest BCUT2D eigenvalue weighted by Gasteiger charge is 2.42. The molecule has 1 N–H and O–H groups in total. The molecule has 134 valence electrons. The Morgan fingerprint density at radius 2 is 1.96 bits per heavy atom. The van der Waals surface area contributed by atoms with E-state index in [4.69, 9.17) is 16.3 Å². The minimum Gasteiger partial charge on any atom is -0.458 e.